The molecule has 0 radical (unpaired) electrons. The molecular formula is C22H38O10. The van der Waals surface area contributed by atoms with Gasteiger partial charge in [-0.25, -0.2) is 0 Å². The average Bonchev–Trinajstić information content (AvgIpc) is 2.74. The van der Waals surface area contributed by atoms with E-state index in [2.05, 4.69) is 6.08 Å². The minimum Gasteiger partial charge on any atom is -0.394 e. The van der Waals surface area contributed by atoms with Gasteiger partial charge in [-0.1, -0.05) is 23.3 Å². The van der Waals surface area contributed by atoms with Crippen LogP contribution in [-0.4, -0.2) is 105 Å². The standard InChI is InChI=1S/C22H38O10/c1-11(2)6-5-7-12(3)8-9-29-21-19(28)20(16(25)14(10-23)31-21)32-22-18(27)17(26)15(24)13(4)30-22/h6,8,13-28H,5,7,9-10H2,1-4H3. The third-order valence-electron chi connectivity index (χ3n) is 5.71. The van der Waals surface area contributed by atoms with Crippen LogP contribution in [0, 0.1) is 0 Å². The molecule has 0 aromatic carbocycles. The predicted octanol–water partition coefficient (Wildman–Crippen LogP) is -0.653. The Morgan fingerprint density at radius 3 is 2.16 bits per heavy atom. The number of allylic oxidation sites excluding steroid dienone is 3. The first-order valence-corrected chi connectivity index (χ1v) is 10.9. The molecule has 2 saturated heterocycles. The molecule has 2 heterocycles. The fourth-order valence-electron chi connectivity index (χ4n) is 3.61. The van der Waals surface area contributed by atoms with Crippen molar-refractivity contribution in [2.45, 2.75) is 102 Å². The van der Waals surface area contributed by atoms with E-state index in [0.717, 1.165) is 18.4 Å². The molecule has 2 rings (SSSR count). The van der Waals surface area contributed by atoms with Crippen LogP contribution in [0.15, 0.2) is 23.3 Å². The van der Waals surface area contributed by atoms with Crippen LogP contribution in [-0.2, 0) is 18.9 Å². The second kappa shape index (κ2) is 12.5. The molecule has 186 valence electrons. The molecular weight excluding hydrogens is 424 g/mol. The number of aliphatic hydroxyl groups excluding tert-OH is 6. The van der Waals surface area contributed by atoms with Crippen LogP contribution in [0.5, 0.6) is 0 Å². The first-order chi connectivity index (χ1) is 15.1. The Labute approximate surface area is 188 Å². The number of rotatable bonds is 9. The van der Waals surface area contributed by atoms with Gasteiger partial charge >= 0.3 is 0 Å². The topological polar surface area (TPSA) is 158 Å². The highest BCUT2D eigenvalue weighted by molar-refractivity contribution is 5.02. The lowest BCUT2D eigenvalue weighted by molar-refractivity contribution is -0.356. The van der Waals surface area contributed by atoms with Gasteiger partial charge in [0.25, 0.3) is 0 Å². The molecule has 0 aliphatic carbocycles. The highest BCUT2D eigenvalue weighted by Crippen LogP contribution is 2.29. The van der Waals surface area contributed by atoms with Gasteiger partial charge in [0.15, 0.2) is 12.6 Å². The SMILES string of the molecule is CC(C)=CCCC(C)=CCOC1OC(CO)C(O)C(OC2OC(C)C(O)C(O)C2O)C1O. The highest BCUT2D eigenvalue weighted by Gasteiger charge is 2.50. The van der Waals surface area contributed by atoms with Crippen molar-refractivity contribution in [3.63, 3.8) is 0 Å². The van der Waals surface area contributed by atoms with Crippen LogP contribution >= 0.6 is 0 Å². The van der Waals surface area contributed by atoms with E-state index in [0.29, 0.717) is 0 Å². The lowest BCUT2D eigenvalue weighted by Gasteiger charge is -2.45. The van der Waals surface area contributed by atoms with Crippen molar-refractivity contribution in [1.82, 2.24) is 0 Å². The summed E-state index contributed by atoms with van der Waals surface area (Å²) in [5, 5.41) is 60.7. The van der Waals surface area contributed by atoms with Gasteiger partial charge in [-0.2, -0.15) is 0 Å². The number of hydrogen-bond acceptors (Lipinski definition) is 10. The number of hydrogen-bond donors (Lipinski definition) is 6. The van der Waals surface area contributed by atoms with Crippen molar-refractivity contribution < 1.29 is 49.6 Å². The number of aliphatic hydroxyl groups is 6. The van der Waals surface area contributed by atoms with Crippen molar-refractivity contribution in [2.24, 2.45) is 0 Å². The third-order valence-corrected chi connectivity index (χ3v) is 5.71. The molecule has 10 unspecified atom stereocenters. The summed E-state index contributed by atoms with van der Waals surface area (Å²) >= 11 is 0. The summed E-state index contributed by atoms with van der Waals surface area (Å²) in [5.74, 6) is 0. The van der Waals surface area contributed by atoms with Crippen molar-refractivity contribution in [2.75, 3.05) is 13.2 Å². The summed E-state index contributed by atoms with van der Waals surface area (Å²) < 4.78 is 22.1. The minimum absolute atomic E-state index is 0.133. The highest BCUT2D eigenvalue weighted by atomic mass is 16.7. The molecule has 0 spiro atoms. The van der Waals surface area contributed by atoms with Crippen molar-refractivity contribution in [3.05, 3.63) is 23.3 Å². The Morgan fingerprint density at radius 1 is 0.844 bits per heavy atom. The second-order valence-corrected chi connectivity index (χ2v) is 8.69. The molecule has 10 atom stereocenters. The molecule has 10 heteroatoms. The largest absolute Gasteiger partial charge is 0.394 e. The summed E-state index contributed by atoms with van der Waals surface area (Å²) in [6.45, 7) is 7.10. The van der Waals surface area contributed by atoms with Gasteiger partial charge in [0, 0.05) is 0 Å². The zero-order valence-electron chi connectivity index (χ0n) is 19.1. The lowest BCUT2D eigenvalue weighted by atomic mass is 9.97. The first-order valence-electron chi connectivity index (χ1n) is 10.9. The van der Waals surface area contributed by atoms with Gasteiger partial charge in [-0.15, -0.1) is 0 Å². The Morgan fingerprint density at radius 2 is 1.53 bits per heavy atom. The zero-order valence-corrected chi connectivity index (χ0v) is 19.1. The molecule has 0 aromatic rings. The molecule has 0 aromatic heterocycles. The van der Waals surface area contributed by atoms with Crippen molar-refractivity contribution >= 4 is 0 Å². The Hall–Kier alpha value is -0.920. The monoisotopic (exact) mass is 462 g/mol. The van der Waals surface area contributed by atoms with E-state index in [1.54, 1.807) is 0 Å². The smallest absolute Gasteiger partial charge is 0.187 e. The summed E-state index contributed by atoms with van der Waals surface area (Å²) in [5.41, 5.74) is 2.34. The molecule has 6 N–H and O–H groups in total. The van der Waals surface area contributed by atoms with Crippen LogP contribution in [0.1, 0.15) is 40.5 Å². The molecule has 2 aliphatic rings. The number of ether oxygens (including phenoxy) is 4. The molecule has 32 heavy (non-hydrogen) atoms. The normalized spacial score (nSPS) is 40.9. The molecule has 10 nitrogen and oxygen atoms in total. The van der Waals surface area contributed by atoms with Gasteiger partial charge in [0.05, 0.1) is 19.3 Å². The Balaban J connectivity index is 2.01. The Bertz CT molecular complexity index is 634. The van der Waals surface area contributed by atoms with Crippen molar-refractivity contribution in [1.29, 1.82) is 0 Å². The van der Waals surface area contributed by atoms with E-state index in [4.69, 9.17) is 18.9 Å². The quantitative estimate of drug-likeness (QED) is 0.243. The summed E-state index contributed by atoms with van der Waals surface area (Å²) in [7, 11) is 0. The molecule has 0 saturated carbocycles. The maximum atomic E-state index is 10.7. The van der Waals surface area contributed by atoms with Crippen molar-refractivity contribution in [3.8, 4) is 0 Å². The summed E-state index contributed by atoms with van der Waals surface area (Å²) in [6.07, 6.45) is -7.56. The van der Waals surface area contributed by atoms with E-state index >= 15 is 0 Å². The Kier molecular flexibility index (Phi) is 10.7. The van der Waals surface area contributed by atoms with Gasteiger partial charge in [0.1, 0.15) is 42.7 Å². The maximum absolute atomic E-state index is 10.7. The van der Waals surface area contributed by atoms with E-state index in [-0.39, 0.29) is 6.61 Å². The second-order valence-electron chi connectivity index (χ2n) is 8.69. The summed E-state index contributed by atoms with van der Waals surface area (Å²) in [6, 6.07) is 0. The average molecular weight is 463 g/mol. The molecule has 2 aliphatic heterocycles. The first kappa shape index (κ1) is 27.3. The fraction of sp³-hybridized carbons (Fsp3) is 0.818. The predicted molar refractivity (Wildman–Crippen MR) is 113 cm³/mol. The van der Waals surface area contributed by atoms with Crippen LogP contribution < -0.4 is 0 Å². The van der Waals surface area contributed by atoms with Crippen LogP contribution in [0.4, 0.5) is 0 Å². The third kappa shape index (κ3) is 7.04. The molecule has 0 amide bonds. The lowest BCUT2D eigenvalue weighted by Crippen LogP contribution is -2.64. The fourth-order valence-corrected chi connectivity index (χ4v) is 3.61. The van der Waals surface area contributed by atoms with Crippen LogP contribution in [0.2, 0.25) is 0 Å². The zero-order chi connectivity index (χ0) is 24.0. The van der Waals surface area contributed by atoms with Crippen LogP contribution in [0.25, 0.3) is 0 Å². The van der Waals surface area contributed by atoms with Crippen LogP contribution in [0.3, 0.4) is 0 Å². The van der Waals surface area contributed by atoms with Gasteiger partial charge in [-0.05, 0) is 40.5 Å². The van der Waals surface area contributed by atoms with Gasteiger partial charge in [0.2, 0.25) is 0 Å². The maximum Gasteiger partial charge on any atom is 0.187 e. The van der Waals surface area contributed by atoms with E-state index in [1.165, 1.54) is 12.5 Å². The van der Waals surface area contributed by atoms with E-state index in [9.17, 15) is 30.6 Å². The van der Waals surface area contributed by atoms with Gasteiger partial charge in [-0.3, -0.25) is 0 Å². The van der Waals surface area contributed by atoms with Gasteiger partial charge < -0.3 is 49.6 Å². The summed E-state index contributed by atoms with van der Waals surface area (Å²) in [4.78, 5) is 0. The van der Waals surface area contributed by atoms with E-state index < -0.39 is 68.0 Å². The van der Waals surface area contributed by atoms with E-state index in [1.807, 2.05) is 26.8 Å². The molecule has 0 bridgehead atoms. The molecule has 2 fully saturated rings. The minimum atomic E-state index is -1.61.